The summed E-state index contributed by atoms with van der Waals surface area (Å²) in [6.07, 6.45) is 1.67. The molecule has 1 aliphatic heterocycles. The molecule has 1 N–H and O–H groups in total. The number of anilines is 1. The second-order valence-corrected chi connectivity index (χ2v) is 10.6. The van der Waals surface area contributed by atoms with Crippen LogP contribution in [-0.2, 0) is 16.2 Å². The molecule has 34 heavy (non-hydrogen) atoms. The van der Waals surface area contributed by atoms with Crippen LogP contribution in [-0.4, -0.2) is 28.5 Å². The third-order valence-corrected chi connectivity index (χ3v) is 7.29. The van der Waals surface area contributed by atoms with Gasteiger partial charge in [-0.3, -0.25) is 19.3 Å². The highest BCUT2D eigenvalue weighted by atomic mass is 127. The summed E-state index contributed by atoms with van der Waals surface area (Å²) in [6, 6.07) is 22.6. The molecule has 3 aromatic rings. The molecule has 3 aromatic carbocycles. The van der Waals surface area contributed by atoms with Gasteiger partial charge in [-0.15, -0.1) is 0 Å². The van der Waals surface area contributed by atoms with Crippen molar-refractivity contribution in [3.63, 3.8) is 0 Å². The van der Waals surface area contributed by atoms with Crippen LogP contribution < -0.4 is 10.1 Å². The number of hydrogen-bond donors (Lipinski definition) is 1. The van der Waals surface area contributed by atoms with Gasteiger partial charge in [-0.25, -0.2) is 0 Å². The minimum Gasteiger partial charge on any atom is -0.487 e. The van der Waals surface area contributed by atoms with Gasteiger partial charge in [-0.2, -0.15) is 0 Å². The van der Waals surface area contributed by atoms with Crippen LogP contribution in [0, 0.1) is 7.14 Å². The smallest absolute Gasteiger partial charge is 0.294 e. The fourth-order valence-corrected chi connectivity index (χ4v) is 6.15. The Morgan fingerprint density at radius 3 is 2.24 bits per heavy atom. The Hall–Kier alpha value is -2.38. The fourth-order valence-electron chi connectivity index (χ4n) is 3.18. The lowest BCUT2D eigenvalue weighted by molar-refractivity contribution is -0.127. The van der Waals surface area contributed by atoms with E-state index in [0.717, 1.165) is 40.7 Å². The lowest BCUT2D eigenvalue weighted by atomic mass is 10.2. The van der Waals surface area contributed by atoms with E-state index in [0.29, 0.717) is 12.3 Å². The van der Waals surface area contributed by atoms with E-state index >= 15 is 0 Å². The number of imide groups is 1. The third-order valence-electron chi connectivity index (χ3n) is 4.78. The first kappa shape index (κ1) is 24.7. The van der Waals surface area contributed by atoms with E-state index in [4.69, 9.17) is 4.74 Å². The van der Waals surface area contributed by atoms with E-state index in [9.17, 15) is 14.4 Å². The summed E-state index contributed by atoms with van der Waals surface area (Å²) in [7, 11) is 0. The second-order valence-electron chi connectivity index (χ2n) is 7.27. The number of nitrogens with one attached hydrogen (secondary N) is 1. The average molecular weight is 696 g/mol. The van der Waals surface area contributed by atoms with Crippen molar-refractivity contribution < 1.29 is 19.1 Å². The molecule has 1 aliphatic rings. The van der Waals surface area contributed by atoms with Crippen LogP contribution in [0.15, 0.2) is 77.7 Å². The van der Waals surface area contributed by atoms with Gasteiger partial charge in [-0.05, 0) is 98.4 Å². The topological polar surface area (TPSA) is 75.7 Å². The molecule has 0 aliphatic carbocycles. The monoisotopic (exact) mass is 696 g/mol. The number of halogens is 2. The van der Waals surface area contributed by atoms with Crippen LogP contribution in [0.4, 0.5) is 10.5 Å². The number of thioether (sulfide) groups is 1. The standard InChI is InChI=1S/C25H18I2N2O4S/c26-19-11-17(12-20(27)23(19)33-15-16-7-3-1-4-8-16)13-21-24(31)29(25(32)34-21)14-22(30)28-18-9-5-2-6-10-18/h1-13H,14-15H2,(H,28,30)/b21-13-. The van der Waals surface area contributed by atoms with E-state index in [1.165, 1.54) is 0 Å². The SMILES string of the molecule is O=C(CN1C(=O)S/C(=C\c2cc(I)c(OCc3ccccc3)c(I)c2)C1=O)Nc1ccccc1. The maximum absolute atomic E-state index is 12.8. The van der Waals surface area contributed by atoms with E-state index in [2.05, 4.69) is 50.5 Å². The molecule has 3 amide bonds. The molecule has 0 aromatic heterocycles. The zero-order valence-electron chi connectivity index (χ0n) is 17.7. The van der Waals surface area contributed by atoms with Crippen molar-refractivity contribution in [3.05, 3.63) is 96.0 Å². The van der Waals surface area contributed by atoms with Gasteiger partial charge in [0.1, 0.15) is 18.9 Å². The molecule has 1 heterocycles. The number of carbonyl (C=O) groups excluding carboxylic acids is 3. The summed E-state index contributed by atoms with van der Waals surface area (Å²) >= 11 is 5.23. The van der Waals surface area contributed by atoms with E-state index < -0.39 is 17.1 Å². The van der Waals surface area contributed by atoms with Crippen LogP contribution in [0.5, 0.6) is 5.75 Å². The van der Waals surface area contributed by atoms with Crippen molar-refractivity contribution in [1.82, 2.24) is 4.90 Å². The lowest BCUT2D eigenvalue weighted by Gasteiger charge is -2.12. The number of rotatable bonds is 7. The number of nitrogens with zero attached hydrogens (tertiary/aromatic N) is 1. The van der Waals surface area contributed by atoms with Crippen LogP contribution in [0.3, 0.4) is 0 Å². The van der Waals surface area contributed by atoms with Crippen LogP contribution >= 0.6 is 56.9 Å². The molecular weight excluding hydrogens is 678 g/mol. The molecule has 0 radical (unpaired) electrons. The van der Waals surface area contributed by atoms with Crippen molar-refractivity contribution in [1.29, 1.82) is 0 Å². The Balaban J connectivity index is 1.44. The zero-order chi connectivity index (χ0) is 24.1. The first-order valence-corrected chi connectivity index (χ1v) is 13.1. The highest BCUT2D eigenvalue weighted by Gasteiger charge is 2.36. The Kier molecular flexibility index (Phi) is 8.27. The molecule has 0 saturated carbocycles. The summed E-state index contributed by atoms with van der Waals surface area (Å²) in [4.78, 5) is 38.8. The molecular formula is C25H18I2N2O4S. The molecule has 1 saturated heterocycles. The van der Waals surface area contributed by atoms with Gasteiger partial charge >= 0.3 is 0 Å². The van der Waals surface area contributed by atoms with Gasteiger partial charge in [-0.1, -0.05) is 48.5 Å². The van der Waals surface area contributed by atoms with Crippen molar-refractivity contribution in [2.24, 2.45) is 0 Å². The van der Waals surface area contributed by atoms with Gasteiger partial charge in [0.25, 0.3) is 11.1 Å². The molecule has 9 heteroatoms. The third kappa shape index (κ3) is 6.19. The predicted octanol–water partition coefficient (Wildman–Crippen LogP) is 6.15. The van der Waals surface area contributed by atoms with Crippen molar-refractivity contribution in [2.45, 2.75) is 6.61 Å². The van der Waals surface area contributed by atoms with E-state index in [1.54, 1.807) is 30.3 Å². The summed E-state index contributed by atoms with van der Waals surface area (Å²) < 4.78 is 7.80. The first-order valence-electron chi connectivity index (χ1n) is 10.2. The van der Waals surface area contributed by atoms with Gasteiger partial charge in [0.05, 0.1) is 12.0 Å². The molecule has 6 nitrogen and oxygen atoms in total. The van der Waals surface area contributed by atoms with E-state index in [1.807, 2.05) is 48.5 Å². The van der Waals surface area contributed by atoms with Crippen LogP contribution in [0.2, 0.25) is 0 Å². The maximum atomic E-state index is 12.8. The van der Waals surface area contributed by atoms with E-state index in [-0.39, 0.29) is 11.4 Å². The maximum Gasteiger partial charge on any atom is 0.294 e. The average Bonchev–Trinajstić information content (AvgIpc) is 3.07. The molecule has 0 unspecified atom stereocenters. The van der Waals surface area contributed by atoms with Crippen LogP contribution in [0.25, 0.3) is 6.08 Å². The molecule has 0 bridgehead atoms. The minimum absolute atomic E-state index is 0.280. The molecule has 0 spiro atoms. The molecule has 4 rings (SSSR count). The number of carbonyl (C=O) groups is 3. The van der Waals surface area contributed by atoms with Gasteiger partial charge in [0.2, 0.25) is 5.91 Å². The summed E-state index contributed by atoms with van der Waals surface area (Å²) in [5, 5.41) is 2.22. The second kappa shape index (κ2) is 11.4. The Labute approximate surface area is 228 Å². The number of benzene rings is 3. The Morgan fingerprint density at radius 1 is 0.971 bits per heavy atom. The Bertz CT molecular complexity index is 1240. The predicted molar refractivity (Wildman–Crippen MR) is 150 cm³/mol. The normalized spacial score (nSPS) is 14.5. The van der Waals surface area contributed by atoms with Gasteiger partial charge < -0.3 is 10.1 Å². The number of hydrogen-bond acceptors (Lipinski definition) is 5. The molecule has 172 valence electrons. The summed E-state index contributed by atoms with van der Waals surface area (Å²) in [5.74, 6) is -0.140. The largest absolute Gasteiger partial charge is 0.487 e. The first-order chi connectivity index (χ1) is 16.4. The van der Waals surface area contributed by atoms with Crippen molar-refractivity contribution in [2.75, 3.05) is 11.9 Å². The fraction of sp³-hybridized carbons (Fsp3) is 0.0800. The summed E-state index contributed by atoms with van der Waals surface area (Å²) in [5.41, 5.74) is 2.46. The molecule has 1 fully saturated rings. The van der Waals surface area contributed by atoms with Crippen LogP contribution in [0.1, 0.15) is 11.1 Å². The lowest BCUT2D eigenvalue weighted by Crippen LogP contribution is -2.36. The highest BCUT2D eigenvalue weighted by molar-refractivity contribution is 14.1. The molecule has 0 atom stereocenters. The summed E-state index contributed by atoms with van der Waals surface area (Å²) in [6.45, 7) is 0.119. The number of para-hydroxylation sites is 1. The highest BCUT2D eigenvalue weighted by Crippen LogP contribution is 2.35. The van der Waals surface area contributed by atoms with Gasteiger partial charge in [0, 0.05) is 5.69 Å². The number of ether oxygens (including phenoxy) is 1. The minimum atomic E-state index is -0.479. The zero-order valence-corrected chi connectivity index (χ0v) is 22.8. The van der Waals surface area contributed by atoms with Crippen molar-refractivity contribution >= 4 is 85.8 Å². The van der Waals surface area contributed by atoms with Crippen molar-refractivity contribution in [3.8, 4) is 5.75 Å². The van der Waals surface area contributed by atoms with Gasteiger partial charge in [0.15, 0.2) is 0 Å². The Morgan fingerprint density at radius 2 is 1.59 bits per heavy atom. The number of amides is 3. The quantitative estimate of drug-likeness (QED) is 0.237.